The van der Waals surface area contributed by atoms with Crippen molar-refractivity contribution in [2.45, 2.75) is 25.5 Å². The van der Waals surface area contributed by atoms with Gasteiger partial charge in [0.1, 0.15) is 42.7 Å². The van der Waals surface area contributed by atoms with Crippen LogP contribution in [0, 0.1) is 0 Å². The number of nitrogens with zero attached hydrogens (tertiary/aromatic N) is 4. The third kappa shape index (κ3) is 5.87. The Hall–Kier alpha value is -3.62. The van der Waals surface area contributed by atoms with Gasteiger partial charge in [0, 0.05) is 18.4 Å². The van der Waals surface area contributed by atoms with Crippen LogP contribution in [-0.2, 0) is 11.4 Å². The second-order valence-electron chi connectivity index (χ2n) is 8.58. The number of hydrogen-bond donors (Lipinski definition) is 1. The van der Waals surface area contributed by atoms with Crippen LogP contribution in [0.2, 0.25) is 5.02 Å². The Kier molecular flexibility index (Phi) is 7.87. The number of alkyl halides is 1. The van der Waals surface area contributed by atoms with Gasteiger partial charge < -0.3 is 19.7 Å². The van der Waals surface area contributed by atoms with E-state index in [1.54, 1.807) is 23.2 Å². The number of rotatable bonds is 9. The summed E-state index contributed by atoms with van der Waals surface area (Å²) < 4.78 is 12.0. The number of halogens is 2. The van der Waals surface area contributed by atoms with Gasteiger partial charge in [-0.05, 0) is 55.3 Å². The third-order valence-corrected chi connectivity index (χ3v) is 6.69. The van der Waals surface area contributed by atoms with E-state index in [9.17, 15) is 4.79 Å². The molecule has 1 amide bonds. The highest BCUT2D eigenvalue weighted by atomic mass is 35.5. The number of ether oxygens (including phenoxy) is 2. The molecular formula is C27H25Cl2N5O3. The molecule has 37 heavy (non-hydrogen) atoms. The van der Waals surface area contributed by atoms with Gasteiger partial charge in [0.15, 0.2) is 0 Å². The van der Waals surface area contributed by atoms with Crippen LogP contribution in [0.1, 0.15) is 18.5 Å². The first-order chi connectivity index (χ1) is 18.1. The fourth-order valence-corrected chi connectivity index (χ4v) is 4.75. The Morgan fingerprint density at radius 1 is 1.05 bits per heavy atom. The van der Waals surface area contributed by atoms with Crippen molar-refractivity contribution in [1.82, 2.24) is 19.9 Å². The molecule has 8 nitrogen and oxygen atoms in total. The van der Waals surface area contributed by atoms with Crippen molar-refractivity contribution < 1.29 is 14.3 Å². The quantitative estimate of drug-likeness (QED) is 0.277. The van der Waals surface area contributed by atoms with Crippen LogP contribution < -0.4 is 14.8 Å². The fraction of sp³-hybridized carbons (Fsp3) is 0.259. The highest BCUT2D eigenvalue weighted by molar-refractivity contribution is 6.32. The topological polar surface area (TPSA) is 89.5 Å². The lowest BCUT2D eigenvalue weighted by Gasteiger charge is -2.24. The molecule has 0 saturated carbocycles. The van der Waals surface area contributed by atoms with Crippen molar-refractivity contribution >= 4 is 51.5 Å². The predicted molar refractivity (Wildman–Crippen MR) is 144 cm³/mol. The number of aromatic nitrogens is 3. The second-order valence-corrected chi connectivity index (χ2v) is 9.25. The Morgan fingerprint density at radius 3 is 2.78 bits per heavy atom. The molecule has 0 spiro atoms. The standard InChI is InChI=1S/C27H25Cl2N5O3/c28-14-25(35)34-12-4-6-20(34)16-37-24-8-3-7-22-26(24)27(32-17-31-22)33-18-9-10-23(21(29)13-18)36-15-19-5-1-2-11-30-19/h1-3,5,7-11,13,17,20H,4,6,12,14-16H2,(H,31,32,33). The van der Waals surface area contributed by atoms with Gasteiger partial charge in [-0.3, -0.25) is 9.78 Å². The Bertz CT molecular complexity index is 1380. The monoisotopic (exact) mass is 537 g/mol. The maximum atomic E-state index is 12.2. The van der Waals surface area contributed by atoms with E-state index in [-0.39, 0.29) is 17.8 Å². The average molecular weight is 538 g/mol. The first-order valence-electron chi connectivity index (χ1n) is 11.9. The molecule has 2 aromatic carbocycles. The van der Waals surface area contributed by atoms with Gasteiger partial charge in [-0.25, -0.2) is 9.97 Å². The molecule has 0 radical (unpaired) electrons. The number of pyridine rings is 1. The molecule has 1 saturated heterocycles. The number of fused-ring (bicyclic) bond motifs is 1. The summed E-state index contributed by atoms with van der Waals surface area (Å²) in [6, 6.07) is 16.8. The number of amides is 1. The van der Waals surface area contributed by atoms with Crippen LogP contribution in [0.25, 0.3) is 10.9 Å². The van der Waals surface area contributed by atoms with Gasteiger partial charge in [0.25, 0.3) is 0 Å². The molecule has 4 aromatic rings. The summed E-state index contributed by atoms with van der Waals surface area (Å²) in [7, 11) is 0. The zero-order chi connectivity index (χ0) is 25.6. The number of likely N-dealkylation sites (tertiary alicyclic amines) is 1. The van der Waals surface area contributed by atoms with Crippen LogP contribution in [-0.4, -0.2) is 50.8 Å². The van der Waals surface area contributed by atoms with Crippen molar-refractivity contribution in [2.24, 2.45) is 0 Å². The zero-order valence-corrected chi connectivity index (χ0v) is 21.5. The van der Waals surface area contributed by atoms with Gasteiger partial charge in [-0.1, -0.05) is 23.7 Å². The smallest absolute Gasteiger partial charge is 0.237 e. The number of benzene rings is 2. The molecule has 1 aliphatic heterocycles. The third-order valence-electron chi connectivity index (χ3n) is 6.16. The van der Waals surface area contributed by atoms with E-state index in [1.165, 1.54) is 6.33 Å². The Balaban J connectivity index is 1.33. The summed E-state index contributed by atoms with van der Waals surface area (Å²) in [5.41, 5.74) is 2.28. The Labute approximate surface area is 224 Å². The minimum Gasteiger partial charge on any atom is -0.491 e. The zero-order valence-electron chi connectivity index (χ0n) is 19.9. The summed E-state index contributed by atoms with van der Waals surface area (Å²) in [5.74, 6) is 1.68. The molecular weight excluding hydrogens is 513 g/mol. The maximum absolute atomic E-state index is 12.2. The van der Waals surface area contributed by atoms with Gasteiger partial charge >= 0.3 is 0 Å². The van der Waals surface area contributed by atoms with Crippen molar-refractivity contribution in [3.05, 3.63) is 77.8 Å². The molecule has 5 rings (SSSR count). The molecule has 0 bridgehead atoms. The lowest BCUT2D eigenvalue weighted by atomic mass is 10.2. The van der Waals surface area contributed by atoms with E-state index in [0.717, 1.165) is 35.1 Å². The van der Waals surface area contributed by atoms with Crippen LogP contribution in [0.4, 0.5) is 11.5 Å². The van der Waals surface area contributed by atoms with Gasteiger partial charge in [-0.15, -0.1) is 11.6 Å². The number of carbonyl (C=O) groups excluding carboxylic acids is 1. The molecule has 10 heteroatoms. The second kappa shape index (κ2) is 11.6. The van der Waals surface area contributed by atoms with Crippen molar-refractivity contribution in [3.63, 3.8) is 0 Å². The largest absolute Gasteiger partial charge is 0.491 e. The molecule has 1 fully saturated rings. The maximum Gasteiger partial charge on any atom is 0.237 e. The highest BCUT2D eigenvalue weighted by Gasteiger charge is 2.29. The molecule has 1 atom stereocenters. The summed E-state index contributed by atoms with van der Waals surface area (Å²) in [6.07, 6.45) is 5.03. The Morgan fingerprint density at radius 2 is 1.97 bits per heavy atom. The van der Waals surface area contributed by atoms with Crippen LogP contribution in [0.3, 0.4) is 0 Å². The predicted octanol–water partition coefficient (Wildman–Crippen LogP) is 5.61. The molecule has 190 valence electrons. The summed E-state index contributed by atoms with van der Waals surface area (Å²) in [6.45, 7) is 1.39. The van der Waals surface area contributed by atoms with E-state index in [0.29, 0.717) is 42.1 Å². The van der Waals surface area contributed by atoms with Crippen LogP contribution >= 0.6 is 23.2 Å². The van der Waals surface area contributed by atoms with E-state index >= 15 is 0 Å². The molecule has 2 aromatic heterocycles. The number of nitrogens with one attached hydrogen (secondary N) is 1. The first kappa shape index (κ1) is 25.0. The normalized spacial score (nSPS) is 15.1. The van der Waals surface area contributed by atoms with Gasteiger partial charge in [0.05, 0.1) is 27.7 Å². The fourth-order valence-electron chi connectivity index (χ4n) is 4.36. The van der Waals surface area contributed by atoms with E-state index in [4.69, 9.17) is 32.7 Å². The van der Waals surface area contributed by atoms with E-state index in [2.05, 4.69) is 20.3 Å². The molecule has 1 unspecified atom stereocenters. The highest BCUT2D eigenvalue weighted by Crippen LogP contribution is 2.34. The summed E-state index contributed by atoms with van der Waals surface area (Å²) >= 11 is 12.3. The SMILES string of the molecule is O=C(CCl)N1CCCC1COc1cccc2ncnc(Nc3ccc(OCc4ccccn4)c(Cl)c3)c12. The average Bonchev–Trinajstić information content (AvgIpc) is 3.40. The molecule has 3 heterocycles. The van der Waals surface area contributed by atoms with Crippen molar-refractivity contribution in [2.75, 3.05) is 24.3 Å². The van der Waals surface area contributed by atoms with Crippen molar-refractivity contribution in [1.29, 1.82) is 0 Å². The molecule has 1 aliphatic rings. The van der Waals surface area contributed by atoms with Gasteiger partial charge in [-0.2, -0.15) is 0 Å². The number of carbonyl (C=O) groups is 1. The number of hydrogen-bond acceptors (Lipinski definition) is 7. The van der Waals surface area contributed by atoms with E-state index < -0.39 is 0 Å². The minimum atomic E-state index is -0.0688. The lowest BCUT2D eigenvalue weighted by molar-refractivity contribution is -0.129. The van der Waals surface area contributed by atoms with Gasteiger partial charge in [0.2, 0.25) is 5.91 Å². The molecule has 0 aliphatic carbocycles. The number of anilines is 2. The van der Waals surface area contributed by atoms with Crippen molar-refractivity contribution in [3.8, 4) is 11.5 Å². The first-order valence-corrected chi connectivity index (χ1v) is 12.8. The van der Waals surface area contributed by atoms with Crippen LogP contribution in [0.5, 0.6) is 11.5 Å². The lowest BCUT2D eigenvalue weighted by Crippen LogP contribution is -2.39. The molecule has 1 N–H and O–H groups in total. The van der Waals surface area contributed by atoms with E-state index in [1.807, 2.05) is 42.5 Å². The summed E-state index contributed by atoms with van der Waals surface area (Å²) in [4.78, 5) is 27.1. The summed E-state index contributed by atoms with van der Waals surface area (Å²) in [5, 5.41) is 4.53. The minimum absolute atomic E-state index is 0.0139. The van der Waals surface area contributed by atoms with Crippen LogP contribution in [0.15, 0.2) is 67.1 Å².